The summed E-state index contributed by atoms with van der Waals surface area (Å²) >= 11 is 0. The molecule has 0 aliphatic heterocycles. The van der Waals surface area contributed by atoms with Crippen LogP contribution in [0.5, 0.6) is 0 Å². The van der Waals surface area contributed by atoms with Crippen LogP contribution in [0.15, 0.2) is 28.1 Å². The van der Waals surface area contributed by atoms with Gasteiger partial charge in [0, 0.05) is 24.9 Å². The Morgan fingerprint density at radius 3 is 2.56 bits per heavy atom. The lowest BCUT2D eigenvalue weighted by molar-refractivity contribution is -0.384. The molecule has 0 heterocycles. The average Bonchev–Trinajstić information content (AvgIpc) is 2.86. The van der Waals surface area contributed by atoms with Gasteiger partial charge in [-0.2, -0.15) is 0 Å². The van der Waals surface area contributed by atoms with Gasteiger partial charge in [-0.25, -0.2) is 8.42 Å². The molecule has 1 aliphatic carbocycles. The minimum absolute atomic E-state index is 0.0883. The van der Waals surface area contributed by atoms with E-state index in [9.17, 15) is 18.5 Å². The topological polar surface area (TPSA) is 140 Å². The fraction of sp³-hybridized carbons (Fsp3) is 0.588. The van der Waals surface area contributed by atoms with E-state index in [2.05, 4.69) is 15.6 Å². The number of nitrogens with two attached hydrogens (primary N) is 1. The molecule has 1 fully saturated rings. The normalized spacial score (nSPS) is 16.6. The number of sulfone groups is 1. The highest BCUT2D eigenvalue weighted by Crippen LogP contribution is 2.27. The van der Waals surface area contributed by atoms with E-state index in [4.69, 9.17) is 5.73 Å². The zero-order valence-electron chi connectivity index (χ0n) is 15.5. The predicted octanol–water partition coefficient (Wildman–Crippen LogP) is 2.04. The van der Waals surface area contributed by atoms with E-state index in [1.165, 1.54) is 37.8 Å². The number of anilines is 1. The van der Waals surface area contributed by atoms with Gasteiger partial charge in [0.25, 0.3) is 5.69 Å². The minimum atomic E-state index is -3.51. The third kappa shape index (κ3) is 6.70. The SMILES string of the molecule is CS(=O)(=O)c1ccc(NCCN=C(N)NC2CCCCCC2)c([N+](=O)[O-])c1. The van der Waals surface area contributed by atoms with Gasteiger partial charge >= 0.3 is 0 Å². The number of aliphatic imine (C=N–C) groups is 1. The second-order valence-corrected chi connectivity index (χ2v) is 8.75. The Kier molecular flexibility index (Phi) is 7.40. The predicted molar refractivity (Wildman–Crippen MR) is 106 cm³/mol. The fourth-order valence-corrected chi connectivity index (χ4v) is 3.73. The van der Waals surface area contributed by atoms with Crippen molar-refractivity contribution in [3.63, 3.8) is 0 Å². The number of nitro groups is 1. The quantitative estimate of drug-likeness (QED) is 0.160. The molecule has 1 aromatic rings. The maximum Gasteiger partial charge on any atom is 0.293 e. The van der Waals surface area contributed by atoms with Gasteiger partial charge in [0.05, 0.1) is 16.4 Å². The van der Waals surface area contributed by atoms with E-state index in [1.54, 1.807) is 0 Å². The molecule has 0 atom stereocenters. The number of hydrogen-bond donors (Lipinski definition) is 3. The summed E-state index contributed by atoms with van der Waals surface area (Å²) in [6.45, 7) is 0.683. The molecule has 1 aromatic carbocycles. The zero-order valence-corrected chi connectivity index (χ0v) is 16.3. The average molecular weight is 398 g/mol. The summed E-state index contributed by atoms with van der Waals surface area (Å²) in [5, 5.41) is 17.4. The van der Waals surface area contributed by atoms with E-state index < -0.39 is 14.8 Å². The highest BCUT2D eigenvalue weighted by molar-refractivity contribution is 7.90. The lowest BCUT2D eigenvalue weighted by Gasteiger charge is -2.16. The molecular weight excluding hydrogens is 370 g/mol. The van der Waals surface area contributed by atoms with Crippen LogP contribution in [0.4, 0.5) is 11.4 Å². The maximum atomic E-state index is 11.6. The number of nitro benzene ring substituents is 1. The summed E-state index contributed by atoms with van der Waals surface area (Å²) in [6, 6.07) is 4.15. The second-order valence-electron chi connectivity index (χ2n) is 6.73. The highest BCUT2D eigenvalue weighted by Gasteiger charge is 2.18. The third-order valence-corrected chi connectivity index (χ3v) is 5.62. The molecule has 9 nitrogen and oxygen atoms in total. The molecule has 1 saturated carbocycles. The van der Waals surface area contributed by atoms with Crippen molar-refractivity contribution in [3.8, 4) is 0 Å². The van der Waals surface area contributed by atoms with Crippen LogP contribution in [0.2, 0.25) is 0 Å². The molecule has 0 bridgehead atoms. The molecular formula is C17H27N5O4S. The largest absolute Gasteiger partial charge is 0.378 e. The molecule has 0 radical (unpaired) electrons. The third-order valence-electron chi connectivity index (χ3n) is 4.51. The van der Waals surface area contributed by atoms with E-state index in [1.807, 2.05) is 0 Å². The summed E-state index contributed by atoms with van der Waals surface area (Å²) in [6.07, 6.45) is 8.10. The van der Waals surface area contributed by atoms with Crippen molar-refractivity contribution < 1.29 is 13.3 Å². The monoisotopic (exact) mass is 397 g/mol. The van der Waals surface area contributed by atoms with E-state index in [0.717, 1.165) is 25.2 Å². The van der Waals surface area contributed by atoms with Crippen molar-refractivity contribution in [2.24, 2.45) is 10.7 Å². The molecule has 0 amide bonds. The number of rotatable bonds is 7. The van der Waals surface area contributed by atoms with Gasteiger partial charge in [0.2, 0.25) is 0 Å². The first kappa shape index (κ1) is 20.9. The van der Waals surface area contributed by atoms with Crippen molar-refractivity contribution in [2.75, 3.05) is 24.7 Å². The molecule has 1 aliphatic rings. The summed E-state index contributed by atoms with van der Waals surface area (Å²) in [7, 11) is -3.51. The summed E-state index contributed by atoms with van der Waals surface area (Å²) in [5.41, 5.74) is 5.88. The molecule has 2 rings (SSSR count). The molecule has 0 unspecified atom stereocenters. The Bertz CT molecular complexity index is 787. The van der Waals surface area contributed by atoms with Gasteiger partial charge in [0.15, 0.2) is 15.8 Å². The molecule has 10 heteroatoms. The first-order chi connectivity index (χ1) is 12.8. The molecule has 0 spiro atoms. The zero-order chi connectivity index (χ0) is 19.9. The number of hydrogen-bond acceptors (Lipinski definition) is 6. The van der Waals surface area contributed by atoms with Crippen molar-refractivity contribution >= 4 is 27.2 Å². The van der Waals surface area contributed by atoms with Gasteiger partial charge in [-0.1, -0.05) is 25.7 Å². The summed E-state index contributed by atoms with van der Waals surface area (Å²) < 4.78 is 23.1. The van der Waals surface area contributed by atoms with Crippen LogP contribution in [0.1, 0.15) is 38.5 Å². The van der Waals surface area contributed by atoms with Crippen molar-refractivity contribution in [1.82, 2.24) is 5.32 Å². The van der Waals surface area contributed by atoms with E-state index >= 15 is 0 Å². The maximum absolute atomic E-state index is 11.6. The van der Waals surface area contributed by atoms with Crippen LogP contribution in [-0.4, -0.2) is 44.7 Å². The fourth-order valence-electron chi connectivity index (χ4n) is 3.09. The van der Waals surface area contributed by atoms with Gasteiger partial charge in [0.1, 0.15) is 5.69 Å². The van der Waals surface area contributed by atoms with E-state index in [0.29, 0.717) is 25.1 Å². The standard InChI is InChI=1S/C17H27N5O4S/c1-27(25,26)14-8-9-15(16(12-14)22(23)24)19-10-11-20-17(18)21-13-6-4-2-3-5-7-13/h8-9,12-13,19H,2-7,10-11H2,1H3,(H3,18,20,21). The van der Waals surface area contributed by atoms with Crippen LogP contribution in [0, 0.1) is 10.1 Å². The van der Waals surface area contributed by atoms with Crippen molar-refractivity contribution in [1.29, 1.82) is 0 Å². The van der Waals surface area contributed by atoms with Crippen molar-refractivity contribution in [3.05, 3.63) is 28.3 Å². The van der Waals surface area contributed by atoms with Gasteiger partial charge in [-0.15, -0.1) is 0 Å². The Labute approximate surface area is 159 Å². The summed E-state index contributed by atoms with van der Waals surface area (Å²) in [5.74, 6) is 0.380. The smallest absolute Gasteiger partial charge is 0.293 e. The number of nitrogens with zero attached hydrogens (tertiary/aromatic N) is 2. The number of benzene rings is 1. The van der Waals surface area contributed by atoms with Crippen molar-refractivity contribution in [2.45, 2.75) is 49.5 Å². The van der Waals surface area contributed by atoms with Gasteiger partial charge in [-0.05, 0) is 25.0 Å². The Hall–Kier alpha value is -2.36. The Morgan fingerprint density at radius 2 is 1.96 bits per heavy atom. The number of nitrogens with one attached hydrogen (secondary N) is 2. The summed E-state index contributed by atoms with van der Waals surface area (Å²) in [4.78, 5) is 14.8. The molecule has 4 N–H and O–H groups in total. The van der Waals surface area contributed by atoms with Gasteiger partial charge in [-0.3, -0.25) is 15.1 Å². The number of guanidine groups is 1. The van der Waals surface area contributed by atoms with Gasteiger partial charge < -0.3 is 16.4 Å². The first-order valence-electron chi connectivity index (χ1n) is 9.06. The molecule has 27 heavy (non-hydrogen) atoms. The van der Waals surface area contributed by atoms with Crippen LogP contribution in [-0.2, 0) is 9.84 Å². The minimum Gasteiger partial charge on any atom is -0.378 e. The molecule has 150 valence electrons. The lowest BCUT2D eigenvalue weighted by atomic mass is 10.1. The lowest BCUT2D eigenvalue weighted by Crippen LogP contribution is -2.40. The first-order valence-corrected chi connectivity index (χ1v) is 11.0. The van der Waals surface area contributed by atoms with Crippen LogP contribution in [0.25, 0.3) is 0 Å². The van der Waals surface area contributed by atoms with Crippen LogP contribution in [0.3, 0.4) is 0 Å². The molecule has 0 saturated heterocycles. The highest BCUT2D eigenvalue weighted by atomic mass is 32.2. The Morgan fingerprint density at radius 1 is 1.30 bits per heavy atom. The van der Waals surface area contributed by atoms with Crippen LogP contribution < -0.4 is 16.4 Å². The Balaban J connectivity index is 1.91. The van der Waals surface area contributed by atoms with E-state index in [-0.39, 0.29) is 16.3 Å². The molecule has 0 aromatic heterocycles. The van der Waals surface area contributed by atoms with Crippen LogP contribution >= 0.6 is 0 Å². The second kappa shape index (κ2) is 9.54.